The lowest BCUT2D eigenvalue weighted by Gasteiger charge is -2.16. The van der Waals surface area contributed by atoms with E-state index in [-0.39, 0.29) is 0 Å². The summed E-state index contributed by atoms with van der Waals surface area (Å²) in [5, 5.41) is 19.4. The van der Waals surface area contributed by atoms with Crippen molar-refractivity contribution in [3.8, 4) is 0 Å². The third-order valence-electron chi connectivity index (χ3n) is 9.23. The molecule has 0 saturated heterocycles. The van der Waals surface area contributed by atoms with Crippen LogP contribution in [-0.2, 0) is 9.59 Å². The Kier molecular flexibility index (Phi) is 29.2. The van der Waals surface area contributed by atoms with Gasteiger partial charge < -0.3 is 10.2 Å². The maximum Gasteiger partial charge on any atom is 0.306 e. The Hall–Kier alpha value is -1.06. The van der Waals surface area contributed by atoms with Crippen LogP contribution in [-0.4, -0.2) is 22.2 Å². The standard InChI is InChI=1S/C38H74O4/c1-33(2)27-23-19-15-11-7-5-9-13-17-21-25-29-35(37(39)40)31-32-36(38(41)42)30-26-22-18-14-10-6-8-12-16-20-24-28-34(3)4/h33-36H,5-32H2,1-4H3,(H,39,40)(H,41,42). The molecule has 2 N–H and O–H groups in total. The highest BCUT2D eigenvalue weighted by atomic mass is 16.4. The van der Waals surface area contributed by atoms with Crippen molar-refractivity contribution in [1.82, 2.24) is 0 Å². The Morgan fingerprint density at radius 3 is 0.714 bits per heavy atom. The predicted octanol–water partition coefficient (Wildman–Crippen LogP) is 12.6. The van der Waals surface area contributed by atoms with E-state index in [0.717, 1.165) is 37.5 Å². The van der Waals surface area contributed by atoms with Crippen LogP contribution in [0.4, 0.5) is 0 Å². The molecule has 0 heterocycles. The first-order valence-corrected chi connectivity index (χ1v) is 18.7. The molecule has 250 valence electrons. The summed E-state index contributed by atoms with van der Waals surface area (Å²) >= 11 is 0. The van der Waals surface area contributed by atoms with Gasteiger partial charge in [-0.25, -0.2) is 0 Å². The summed E-state index contributed by atoms with van der Waals surface area (Å²) in [6.07, 6.45) is 33.1. The van der Waals surface area contributed by atoms with E-state index in [9.17, 15) is 19.8 Å². The van der Waals surface area contributed by atoms with Crippen LogP contribution in [0.3, 0.4) is 0 Å². The maximum absolute atomic E-state index is 11.8. The van der Waals surface area contributed by atoms with Gasteiger partial charge in [0.15, 0.2) is 0 Å². The molecular weight excluding hydrogens is 520 g/mol. The van der Waals surface area contributed by atoms with Crippen LogP contribution in [0.2, 0.25) is 0 Å². The van der Waals surface area contributed by atoms with Gasteiger partial charge in [0.05, 0.1) is 11.8 Å². The Morgan fingerprint density at radius 1 is 0.333 bits per heavy atom. The molecule has 0 aromatic rings. The fourth-order valence-corrected chi connectivity index (χ4v) is 6.25. The fraction of sp³-hybridized carbons (Fsp3) is 0.947. The molecule has 2 atom stereocenters. The Labute approximate surface area is 262 Å². The van der Waals surface area contributed by atoms with E-state index in [2.05, 4.69) is 27.7 Å². The van der Waals surface area contributed by atoms with Gasteiger partial charge >= 0.3 is 11.9 Å². The molecular formula is C38H74O4. The third kappa shape index (κ3) is 29.0. The van der Waals surface area contributed by atoms with Crippen molar-refractivity contribution in [2.24, 2.45) is 23.7 Å². The largest absolute Gasteiger partial charge is 0.481 e. The van der Waals surface area contributed by atoms with Crippen LogP contribution >= 0.6 is 0 Å². The number of carboxylic acids is 2. The van der Waals surface area contributed by atoms with Gasteiger partial charge in [-0.15, -0.1) is 0 Å². The molecule has 0 rings (SSSR count). The summed E-state index contributed by atoms with van der Waals surface area (Å²) in [7, 11) is 0. The zero-order chi connectivity index (χ0) is 31.3. The summed E-state index contributed by atoms with van der Waals surface area (Å²) in [6.45, 7) is 9.22. The summed E-state index contributed by atoms with van der Waals surface area (Å²) < 4.78 is 0. The summed E-state index contributed by atoms with van der Waals surface area (Å²) in [5.74, 6) is -0.608. The Bertz CT molecular complexity index is 548. The number of unbranched alkanes of at least 4 members (excludes halogenated alkanes) is 20. The number of carboxylic acid groups (broad SMARTS) is 2. The van der Waals surface area contributed by atoms with Gasteiger partial charge in [-0.05, 0) is 37.5 Å². The van der Waals surface area contributed by atoms with Gasteiger partial charge in [0.2, 0.25) is 0 Å². The zero-order valence-corrected chi connectivity index (χ0v) is 28.8. The average molecular weight is 595 g/mol. The molecule has 0 saturated carbocycles. The lowest BCUT2D eigenvalue weighted by atomic mass is 9.89. The summed E-state index contributed by atoms with van der Waals surface area (Å²) in [4.78, 5) is 23.6. The van der Waals surface area contributed by atoms with Gasteiger partial charge in [0.25, 0.3) is 0 Å². The molecule has 0 amide bonds. The highest BCUT2D eigenvalue weighted by Gasteiger charge is 2.22. The molecule has 0 radical (unpaired) electrons. The topological polar surface area (TPSA) is 74.6 Å². The summed E-state index contributed by atoms with van der Waals surface area (Å²) in [5.41, 5.74) is 0. The molecule has 0 aliphatic heterocycles. The highest BCUT2D eigenvalue weighted by Crippen LogP contribution is 2.24. The zero-order valence-electron chi connectivity index (χ0n) is 28.8. The minimum absolute atomic E-state index is 0.391. The minimum atomic E-state index is -0.747. The first kappa shape index (κ1) is 40.9. The van der Waals surface area contributed by atoms with Gasteiger partial charge in [0.1, 0.15) is 0 Å². The average Bonchev–Trinajstić information content (AvgIpc) is 2.93. The van der Waals surface area contributed by atoms with Crippen molar-refractivity contribution in [2.45, 2.75) is 207 Å². The molecule has 4 heteroatoms. The first-order valence-electron chi connectivity index (χ1n) is 18.7. The van der Waals surface area contributed by atoms with E-state index in [0.29, 0.717) is 25.7 Å². The van der Waals surface area contributed by atoms with E-state index in [1.807, 2.05) is 0 Å². The normalized spacial score (nSPS) is 13.2. The lowest BCUT2D eigenvalue weighted by Crippen LogP contribution is -2.19. The van der Waals surface area contributed by atoms with Crippen molar-refractivity contribution in [2.75, 3.05) is 0 Å². The van der Waals surface area contributed by atoms with Crippen LogP contribution in [0, 0.1) is 23.7 Å². The van der Waals surface area contributed by atoms with E-state index in [1.165, 1.54) is 128 Å². The van der Waals surface area contributed by atoms with Crippen LogP contribution in [0.15, 0.2) is 0 Å². The molecule has 4 nitrogen and oxygen atoms in total. The maximum atomic E-state index is 11.8. The van der Waals surface area contributed by atoms with Gasteiger partial charge in [0, 0.05) is 0 Å². The van der Waals surface area contributed by atoms with Crippen molar-refractivity contribution in [3.63, 3.8) is 0 Å². The number of rotatable bonds is 33. The Morgan fingerprint density at radius 2 is 0.524 bits per heavy atom. The number of hydrogen-bond donors (Lipinski definition) is 2. The SMILES string of the molecule is CC(C)CCCCCCCCCCCCCC(CCC(CCCCCCCCCCCCCC(C)C)C(=O)O)C(=O)O. The van der Waals surface area contributed by atoms with Crippen molar-refractivity contribution >= 4 is 11.9 Å². The molecule has 0 fully saturated rings. The quantitative estimate of drug-likeness (QED) is 0.0741. The number of aliphatic carboxylic acids is 2. The molecule has 0 bridgehead atoms. The molecule has 0 spiro atoms. The van der Waals surface area contributed by atoms with Crippen molar-refractivity contribution < 1.29 is 19.8 Å². The second kappa shape index (κ2) is 30.0. The van der Waals surface area contributed by atoms with E-state index in [1.54, 1.807) is 0 Å². The smallest absolute Gasteiger partial charge is 0.306 e. The Balaban J connectivity index is 3.78. The molecule has 2 unspecified atom stereocenters. The van der Waals surface area contributed by atoms with Crippen molar-refractivity contribution in [3.05, 3.63) is 0 Å². The third-order valence-corrected chi connectivity index (χ3v) is 9.23. The lowest BCUT2D eigenvalue weighted by molar-refractivity contribution is -0.145. The highest BCUT2D eigenvalue weighted by molar-refractivity contribution is 5.71. The number of carbonyl (C=O) groups is 2. The second-order valence-electron chi connectivity index (χ2n) is 14.4. The second-order valence-corrected chi connectivity index (χ2v) is 14.4. The predicted molar refractivity (Wildman–Crippen MR) is 181 cm³/mol. The van der Waals surface area contributed by atoms with Gasteiger partial charge in [-0.3, -0.25) is 9.59 Å². The van der Waals surface area contributed by atoms with Crippen LogP contribution < -0.4 is 0 Å². The fourth-order valence-electron chi connectivity index (χ4n) is 6.25. The molecule has 42 heavy (non-hydrogen) atoms. The monoisotopic (exact) mass is 595 g/mol. The minimum Gasteiger partial charge on any atom is -0.481 e. The molecule has 0 aliphatic carbocycles. The molecule has 0 aromatic carbocycles. The van der Waals surface area contributed by atoms with E-state index in [4.69, 9.17) is 0 Å². The van der Waals surface area contributed by atoms with Crippen LogP contribution in [0.1, 0.15) is 207 Å². The van der Waals surface area contributed by atoms with Gasteiger partial charge in [-0.1, -0.05) is 182 Å². The molecule has 0 aromatic heterocycles. The first-order chi connectivity index (χ1) is 20.2. The van der Waals surface area contributed by atoms with E-state index < -0.39 is 23.8 Å². The van der Waals surface area contributed by atoms with Crippen molar-refractivity contribution in [1.29, 1.82) is 0 Å². The van der Waals surface area contributed by atoms with Crippen LogP contribution in [0.25, 0.3) is 0 Å². The molecule has 0 aliphatic rings. The number of hydrogen-bond acceptors (Lipinski definition) is 2. The summed E-state index contributed by atoms with van der Waals surface area (Å²) in [6, 6.07) is 0. The van der Waals surface area contributed by atoms with Crippen LogP contribution in [0.5, 0.6) is 0 Å². The van der Waals surface area contributed by atoms with E-state index >= 15 is 0 Å². The van der Waals surface area contributed by atoms with Gasteiger partial charge in [-0.2, -0.15) is 0 Å².